The number of unbranched alkanes of at least 4 members (excludes halogenated alkanes) is 1. The number of carbonyl (C=O) groups excluding carboxylic acids is 2. The van der Waals surface area contributed by atoms with Gasteiger partial charge in [0.25, 0.3) is 11.8 Å². The van der Waals surface area contributed by atoms with Crippen molar-refractivity contribution in [1.82, 2.24) is 19.8 Å². The zero-order valence-electron chi connectivity index (χ0n) is 23.2. The summed E-state index contributed by atoms with van der Waals surface area (Å²) < 4.78 is 126. The minimum atomic E-state index is -5.32. The number of amides is 2. The van der Waals surface area contributed by atoms with E-state index in [0.717, 1.165) is 37.5 Å². The van der Waals surface area contributed by atoms with Gasteiger partial charge in [0.15, 0.2) is 5.54 Å². The molecule has 16 heteroatoms. The molecule has 2 heterocycles. The molecule has 1 aromatic carbocycles. The van der Waals surface area contributed by atoms with Crippen LogP contribution >= 0.6 is 0 Å². The summed E-state index contributed by atoms with van der Waals surface area (Å²) in [5.41, 5.74) is -5.75. The number of nitrogens with one attached hydrogen (secondary N) is 2. The molecule has 1 aromatic heterocycles. The van der Waals surface area contributed by atoms with Gasteiger partial charge in [-0.2, -0.15) is 31.4 Å². The third-order valence-corrected chi connectivity index (χ3v) is 10.1. The summed E-state index contributed by atoms with van der Waals surface area (Å²) in [6, 6.07) is 4.01. The van der Waals surface area contributed by atoms with Gasteiger partial charge in [0.05, 0.1) is 17.0 Å². The Morgan fingerprint density at radius 3 is 2.34 bits per heavy atom. The second kappa shape index (κ2) is 11.5. The van der Waals surface area contributed by atoms with E-state index in [1.165, 1.54) is 16.9 Å². The maximum Gasteiger partial charge on any atom is 0.416 e. The molecule has 2 saturated carbocycles. The highest BCUT2D eigenvalue weighted by Gasteiger charge is 2.61. The fraction of sp³-hybridized carbons (Fsp3) is 0.536. The molecule has 2 amide bonds. The summed E-state index contributed by atoms with van der Waals surface area (Å²) in [6.07, 6.45) is -7.72. The number of halogens is 7. The normalized spacial score (nSPS) is 21.7. The zero-order chi connectivity index (χ0) is 32.1. The second-order valence-electron chi connectivity index (χ2n) is 11.5. The van der Waals surface area contributed by atoms with Gasteiger partial charge >= 0.3 is 12.4 Å². The minimum Gasteiger partial charge on any atom is -0.334 e. The number of sulfonamides is 1. The highest BCUT2D eigenvalue weighted by molar-refractivity contribution is 7.91. The topological polar surface area (TPSA) is 110 Å². The van der Waals surface area contributed by atoms with Crippen molar-refractivity contribution in [2.45, 2.75) is 93.4 Å². The third-order valence-electron chi connectivity index (χ3n) is 8.24. The Kier molecular flexibility index (Phi) is 8.35. The number of benzene rings is 1. The first-order chi connectivity index (χ1) is 20.5. The fourth-order valence-electron chi connectivity index (χ4n) is 5.45. The molecule has 0 bridgehead atoms. The van der Waals surface area contributed by atoms with Gasteiger partial charge in [0.2, 0.25) is 10.0 Å². The van der Waals surface area contributed by atoms with Crippen LogP contribution in [-0.2, 0) is 31.6 Å². The van der Waals surface area contributed by atoms with E-state index < -0.39 is 80.3 Å². The SMILES string of the molecule is O=C1N[C@@](c2ccc(CCCCC(F)(F)F)cc2F)(C(F)(F)F)CC(c2ccn(C3CCC3)n2)=C1C(=O)NS(=O)(=O)C1CC1. The van der Waals surface area contributed by atoms with Gasteiger partial charge in [-0.05, 0) is 69.1 Å². The third kappa shape index (κ3) is 6.49. The first-order valence-corrected chi connectivity index (χ1v) is 15.6. The molecule has 2 fully saturated rings. The van der Waals surface area contributed by atoms with Crippen molar-refractivity contribution < 1.29 is 48.7 Å². The van der Waals surface area contributed by atoms with Crippen LogP contribution in [0.4, 0.5) is 30.7 Å². The number of carbonyl (C=O) groups is 2. The van der Waals surface area contributed by atoms with Gasteiger partial charge in [0.1, 0.15) is 11.4 Å². The summed E-state index contributed by atoms with van der Waals surface area (Å²) in [5, 5.41) is 5.20. The van der Waals surface area contributed by atoms with Crippen molar-refractivity contribution in [3.8, 4) is 0 Å². The first kappa shape index (κ1) is 32.0. The van der Waals surface area contributed by atoms with Gasteiger partial charge in [-0.25, -0.2) is 17.5 Å². The quantitative estimate of drug-likeness (QED) is 0.205. The molecule has 0 saturated heterocycles. The monoisotopic (exact) mass is 650 g/mol. The van der Waals surface area contributed by atoms with Crippen LogP contribution in [0, 0.1) is 5.82 Å². The number of hydrogen-bond acceptors (Lipinski definition) is 5. The lowest BCUT2D eigenvalue weighted by atomic mass is 9.77. The average Bonchev–Trinajstić information content (AvgIpc) is 3.64. The standard InChI is InChI=1S/C28H29F7N4O4S/c29-21-14-16(4-1-2-12-27(30,31)32)7-10-20(21)26(28(33,34)35)15-19(22-11-13-39(37-22)17-5-3-6-17)23(24(40)36-26)25(41)38-44(42,43)18-8-9-18/h7,10-11,13-14,17-18H,1-6,8-9,12,15H2,(H,36,40)(H,38,41)/t26-/m0/s1. The van der Waals surface area contributed by atoms with Crippen molar-refractivity contribution in [2.24, 2.45) is 0 Å². The molecule has 5 rings (SSSR count). The number of aromatic nitrogens is 2. The second-order valence-corrected chi connectivity index (χ2v) is 13.4. The summed E-state index contributed by atoms with van der Waals surface area (Å²) in [7, 11) is -4.19. The van der Waals surface area contributed by atoms with Crippen molar-refractivity contribution in [3.05, 3.63) is 58.7 Å². The Bertz CT molecular complexity index is 1590. The molecule has 1 aliphatic heterocycles. The Hall–Kier alpha value is -3.43. The van der Waals surface area contributed by atoms with Crippen LogP contribution in [-0.4, -0.2) is 47.6 Å². The number of alkyl halides is 6. The molecule has 8 nitrogen and oxygen atoms in total. The molecular formula is C28H29F7N4O4S. The average molecular weight is 651 g/mol. The molecule has 0 unspecified atom stereocenters. The van der Waals surface area contributed by atoms with Crippen molar-refractivity contribution >= 4 is 27.4 Å². The van der Waals surface area contributed by atoms with Crippen molar-refractivity contribution in [2.75, 3.05) is 0 Å². The van der Waals surface area contributed by atoms with Gasteiger partial charge in [0, 0.05) is 30.2 Å². The van der Waals surface area contributed by atoms with Crippen LogP contribution in [0.15, 0.2) is 36.0 Å². The highest BCUT2D eigenvalue weighted by Crippen LogP contribution is 2.49. The van der Waals surface area contributed by atoms with Crippen LogP contribution in [0.5, 0.6) is 0 Å². The highest BCUT2D eigenvalue weighted by atomic mass is 32.2. The summed E-state index contributed by atoms with van der Waals surface area (Å²) >= 11 is 0. The van der Waals surface area contributed by atoms with Crippen LogP contribution in [0.3, 0.4) is 0 Å². The summed E-state index contributed by atoms with van der Waals surface area (Å²) in [5.74, 6) is -4.35. The van der Waals surface area contributed by atoms with E-state index >= 15 is 4.39 Å². The van der Waals surface area contributed by atoms with Crippen LogP contribution < -0.4 is 10.0 Å². The van der Waals surface area contributed by atoms with E-state index in [1.807, 2.05) is 0 Å². The largest absolute Gasteiger partial charge is 0.416 e. The lowest BCUT2D eigenvalue weighted by Crippen LogP contribution is -2.60. The number of nitrogens with zero attached hydrogens (tertiary/aromatic N) is 2. The molecule has 240 valence electrons. The van der Waals surface area contributed by atoms with Gasteiger partial charge in [-0.15, -0.1) is 0 Å². The predicted molar refractivity (Wildman–Crippen MR) is 143 cm³/mol. The maximum atomic E-state index is 15.5. The smallest absolute Gasteiger partial charge is 0.334 e. The van der Waals surface area contributed by atoms with Crippen molar-refractivity contribution in [1.29, 1.82) is 0 Å². The maximum absolute atomic E-state index is 15.5. The van der Waals surface area contributed by atoms with Crippen LogP contribution in [0.1, 0.15) is 80.7 Å². The molecule has 44 heavy (non-hydrogen) atoms. The van der Waals surface area contributed by atoms with E-state index in [-0.39, 0.29) is 49.4 Å². The minimum absolute atomic E-state index is 0.0121. The van der Waals surface area contributed by atoms with Crippen LogP contribution in [0.2, 0.25) is 0 Å². The summed E-state index contributed by atoms with van der Waals surface area (Å²) in [4.78, 5) is 26.6. The molecule has 2 N–H and O–H groups in total. The molecule has 2 aliphatic carbocycles. The van der Waals surface area contributed by atoms with E-state index in [2.05, 4.69) is 5.10 Å². The molecule has 1 atom stereocenters. The Labute approximate surface area is 248 Å². The molecular weight excluding hydrogens is 621 g/mol. The molecule has 2 aromatic rings. The number of hydrogen-bond donors (Lipinski definition) is 2. The molecule has 0 spiro atoms. The predicted octanol–water partition coefficient (Wildman–Crippen LogP) is 5.36. The zero-order valence-corrected chi connectivity index (χ0v) is 24.0. The van der Waals surface area contributed by atoms with Gasteiger partial charge < -0.3 is 5.32 Å². The van der Waals surface area contributed by atoms with Gasteiger partial charge in [-0.3, -0.25) is 14.3 Å². The summed E-state index contributed by atoms with van der Waals surface area (Å²) in [6.45, 7) is 0. The van der Waals surface area contributed by atoms with Crippen molar-refractivity contribution in [3.63, 3.8) is 0 Å². The molecule has 0 radical (unpaired) electrons. The Balaban J connectivity index is 1.53. The Morgan fingerprint density at radius 2 is 1.77 bits per heavy atom. The van der Waals surface area contributed by atoms with Crippen LogP contribution in [0.25, 0.3) is 5.57 Å². The van der Waals surface area contributed by atoms with E-state index in [0.29, 0.717) is 0 Å². The lowest BCUT2D eigenvalue weighted by molar-refractivity contribution is -0.202. The van der Waals surface area contributed by atoms with E-state index in [9.17, 15) is 44.3 Å². The lowest BCUT2D eigenvalue weighted by Gasteiger charge is -2.41. The van der Waals surface area contributed by atoms with E-state index in [4.69, 9.17) is 0 Å². The number of aryl methyl sites for hydroxylation is 1. The molecule has 3 aliphatic rings. The van der Waals surface area contributed by atoms with Gasteiger partial charge in [-0.1, -0.05) is 12.1 Å². The van der Waals surface area contributed by atoms with E-state index in [1.54, 1.807) is 10.0 Å². The fourth-order valence-corrected chi connectivity index (χ4v) is 6.73. The number of rotatable bonds is 10. The first-order valence-electron chi connectivity index (χ1n) is 14.1. The Morgan fingerprint density at radius 1 is 1.07 bits per heavy atom.